The molecule has 2 aromatic rings. The second kappa shape index (κ2) is 6.74. The lowest BCUT2D eigenvalue weighted by atomic mass is 9.99. The van der Waals surface area contributed by atoms with Gasteiger partial charge in [-0.1, -0.05) is 52.2 Å². The smallest absolute Gasteiger partial charge is 0.109 e. The minimum Gasteiger partial charge on any atom is -0.328 e. The van der Waals surface area contributed by atoms with Gasteiger partial charge in [-0.25, -0.2) is 4.98 Å². The summed E-state index contributed by atoms with van der Waals surface area (Å²) in [6.45, 7) is 7.91. The van der Waals surface area contributed by atoms with Gasteiger partial charge in [-0.2, -0.15) is 0 Å². The van der Waals surface area contributed by atoms with Crippen LogP contribution in [0.15, 0.2) is 24.3 Å². The molecule has 1 aromatic heterocycles. The fraction of sp³-hybridized carbons (Fsp3) is 0.588. The molecule has 0 amide bonds. The lowest BCUT2D eigenvalue weighted by Crippen LogP contribution is -2.12. The third kappa shape index (κ3) is 3.17. The Morgan fingerprint density at radius 3 is 2.63 bits per heavy atom. The van der Waals surface area contributed by atoms with Gasteiger partial charge in [0.25, 0.3) is 0 Å². The maximum atomic E-state index is 4.76. The van der Waals surface area contributed by atoms with Gasteiger partial charge in [-0.15, -0.1) is 0 Å². The highest BCUT2D eigenvalue weighted by atomic mass is 15.1. The third-order valence-corrected chi connectivity index (χ3v) is 4.03. The van der Waals surface area contributed by atoms with Gasteiger partial charge in [-0.05, 0) is 24.5 Å². The zero-order chi connectivity index (χ0) is 13.7. The Balaban J connectivity index is 2.26. The van der Waals surface area contributed by atoms with Crippen LogP contribution in [0.25, 0.3) is 11.0 Å². The Labute approximate surface area is 116 Å². The molecule has 0 saturated carbocycles. The van der Waals surface area contributed by atoms with Crippen molar-refractivity contribution in [3.8, 4) is 0 Å². The molecule has 1 aromatic carbocycles. The van der Waals surface area contributed by atoms with Crippen molar-refractivity contribution < 1.29 is 0 Å². The number of fused-ring (bicyclic) bond motifs is 1. The average Bonchev–Trinajstić information content (AvgIpc) is 2.81. The third-order valence-electron chi connectivity index (χ3n) is 4.03. The quantitative estimate of drug-likeness (QED) is 0.696. The number of hydrogen-bond donors (Lipinski definition) is 0. The van der Waals surface area contributed by atoms with E-state index in [0.29, 0.717) is 0 Å². The number of nitrogens with zero attached hydrogens (tertiary/aromatic N) is 2. The topological polar surface area (TPSA) is 17.8 Å². The Hall–Kier alpha value is -1.31. The van der Waals surface area contributed by atoms with E-state index in [-0.39, 0.29) is 0 Å². The lowest BCUT2D eigenvalue weighted by molar-refractivity contribution is 0.390. The number of imidazole rings is 1. The van der Waals surface area contributed by atoms with Crippen LogP contribution in [0.5, 0.6) is 0 Å². The summed E-state index contributed by atoms with van der Waals surface area (Å²) in [6, 6.07) is 8.52. The van der Waals surface area contributed by atoms with Gasteiger partial charge in [0.15, 0.2) is 0 Å². The summed E-state index contributed by atoms with van der Waals surface area (Å²) < 4.78 is 2.44. The molecule has 0 bridgehead atoms. The molecular weight excluding hydrogens is 232 g/mol. The SMILES string of the molecule is CCCCC(CC)Cn1c(CC)nc2ccccc21. The Morgan fingerprint density at radius 1 is 1.16 bits per heavy atom. The zero-order valence-electron chi connectivity index (χ0n) is 12.5. The first-order chi connectivity index (χ1) is 9.30. The van der Waals surface area contributed by atoms with E-state index in [0.717, 1.165) is 24.4 Å². The molecule has 0 saturated heterocycles. The molecule has 0 aliphatic carbocycles. The van der Waals surface area contributed by atoms with Crippen LogP contribution in [0, 0.1) is 5.92 Å². The van der Waals surface area contributed by atoms with E-state index in [1.54, 1.807) is 0 Å². The summed E-state index contributed by atoms with van der Waals surface area (Å²) in [6.07, 6.45) is 6.24. The van der Waals surface area contributed by atoms with E-state index in [4.69, 9.17) is 4.98 Å². The first-order valence-electron chi connectivity index (χ1n) is 7.74. The summed E-state index contributed by atoms with van der Waals surface area (Å²) in [5.74, 6) is 2.01. The number of unbranched alkanes of at least 4 members (excludes halogenated alkanes) is 1. The molecule has 2 heteroatoms. The van der Waals surface area contributed by atoms with E-state index in [2.05, 4.69) is 49.6 Å². The van der Waals surface area contributed by atoms with Crippen LogP contribution in [0.1, 0.15) is 52.3 Å². The molecular formula is C17H26N2. The van der Waals surface area contributed by atoms with E-state index in [1.165, 1.54) is 37.0 Å². The molecule has 0 spiro atoms. The van der Waals surface area contributed by atoms with Gasteiger partial charge < -0.3 is 4.57 Å². The number of benzene rings is 1. The van der Waals surface area contributed by atoms with Crippen LogP contribution in [-0.2, 0) is 13.0 Å². The predicted octanol–water partition coefficient (Wildman–Crippen LogP) is 4.82. The molecule has 1 heterocycles. The van der Waals surface area contributed by atoms with Crippen LogP contribution in [0.4, 0.5) is 0 Å². The van der Waals surface area contributed by atoms with Crippen molar-refractivity contribution in [3.05, 3.63) is 30.1 Å². The van der Waals surface area contributed by atoms with Crippen molar-refractivity contribution >= 4 is 11.0 Å². The molecule has 0 aliphatic heterocycles. The number of rotatable bonds is 7. The standard InChI is InChI=1S/C17H26N2/c1-4-7-10-14(5-2)13-19-16-12-9-8-11-15(16)18-17(19)6-3/h8-9,11-12,14H,4-7,10,13H2,1-3H3. The second-order valence-corrected chi connectivity index (χ2v) is 5.40. The monoisotopic (exact) mass is 258 g/mol. The maximum Gasteiger partial charge on any atom is 0.109 e. The molecule has 0 fully saturated rings. The van der Waals surface area contributed by atoms with Crippen LogP contribution >= 0.6 is 0 Å². The van der Waals surface area contributed by atoms with Crippen LogP contribution in [-0.4, -0.2) is 9.55 Å². The van der Waals surface area contributed by atoms with E-state index < -0.39 is 0 Å². The number of aromatic nitrogens is 2. The molecule has 19 heavy (non-hydrogen) atoms. The molecule has 2 nitrogen and oxygen atoms in total. The van der Waals surface area contributed by atoms with Gasteiger partial charge in [0, 0.05) is 13.0 Å². The summed E-state index contributed by atoms with van der Waals surface area (Å²) in [5, 5.41) is 0. The highest BCUT2D eigenvalue weighted by Gasteiger charge is 2.13. The Kier molecular flexibility index (Phi) is 5.00. The zero-order valence-corrected chi connectivity index (χ0v) is 12.5. The molecule has 0 aliphatic rings. The van der Waals surface area contributed by atoms with Crippen LogP contribution in [0.2, 0.25) is 0 Å². The van der Waals surface area contributed by atoms with Crippen molar-refractivity contribution in [2.45, 2.75) is 59.4 Å². The van der Waals surface area contributed by atoms with Gasteiger partial charge in [-0.3, -0.25) is 0 Å². The van der Waals surface area contributed by atoms with Gasteiger partial charge in [0.1, 0.15) is 5.82 Å². The fourth-order valence-corrected chi connectivity index (χ4v) is 2.77. The molecule has 1 atom stereocenters. The van der Waals surface area contributed by atoms with Gasteiger partial charge in [0.05, 0.1) is 11.0 Å². The van der Waals surface area contributed by atoms with E-state index >= 15 is 0 Å². The van der Waals surface area contributed by atoms with Gasteiger partial charge >= 0.3 is 0 Å². The number of hydrogen-bond acceptors (Lipinski definition) is 1. The first kappa shape index (κ1) is 14.1. The van der Waals surface area contributed by atoms with Crippen molar-refractivity contribution in [3.63, 3.8) is 0 Å². The Morgan fingerprint density at radius 2 is 1.95 bits per heavy atom. The predicted molar refractivity (Wildman–Crippen MR) is 82.4 cm³/mol. The fourth-order valence-electron chi connectivity index (χ4n) is 2.77. The van der Waals surface area contributed by atoms with E-state index in [9.17, 15) is 0 Å². The summed E-state index contributed by atoms with van der Waals surface area (Å²) in [7, 11) is 0. The summed E-state index contributed by atoms with van der Waals surface area (Å²) in [4.78, 5) is 4.76. The minimum atomic E-state index is 0.780. The maximum absolute atomic E-state index is 4.76. The van der Waals surface area contributed by atoms with Crippen LogP contribution in [0.3, 0.4) is 0 Å². The molecule has 104 valence electrons. The summed E-state index contributed by atoms with van der Waals surface area (Å²) in [5.41, 5.74) is 2.44. The number of para-hydroxylation sites is 2. The second-order valence-electron chi connectivity index (χ2n) is 5.40. The van der Waals surface area contributed by atoms with Crippen LogP contribution < -0.4 is 0 Å². The lowest BCUT2D eigenvalue weighted by Gasteiger charge is -2.17. The molecule has 1 unspecified atom stereocenters. The molecule has 0 radical (unpaired) electrons. The van der Waals surface area contributed by atoms with Crippen molar-refractivity contribution in [2.75, 3.05) is 0 Å². The van der Waals surface area contributed by atoms with Gasteiger partial charge in [0.2, 0.25) is 0 Å². The first-order valence-corrected chi connectivity index (χ1v) is 7.74. The highest BCUT2D eigenvalue weighted by Crippen LogP contribution is 2.21. The largest absolute Gasteiger partial charge is 0.328 e. The van der Waals surface area contributed by atoms with Crippen molar-refractivity contribution in [1.29, 1.82) is 0 Å². The van der Waals surface area contributed by atoms with Crippen molar-refractivity contribution in [2.24, 2.45) is 5.92 Å². The Bertz CT molecular complexity index is 513. The minimum absolute atomic E-state index is 0.780. The van der Waals surface area contributed by atoms with E-state index in [1.807, 2.05) is 0 Å². The number of aryl methyl sites for hydroxylation is 1. The summed E-state index contributed by atoms with van der Waals surface area (Å²) >= 11 is 0. The van der Waals surface area contributed by atoms with Crippen molar-refractivity contribution in [1.82, 2.24) is 9.55 Å². The molecule has 2 rings (SSSR count). The highest BCUT2D eigenvalue weighted by molar-refractivity contribution is 5.75. The normalized spacial score (nSPS) is 13.0. The average molecular weight is 258 g/mol. The molecule has 0 N–H and O–H groups in total.